The second-order valence-electron chi connectivity index (χ2n) is 6.55. The summed E-state index contributed by atoms with van der Waals surface area (Å²) in [5.41, 5.74) is 0. The minimum Gasteiger partial charge on any atom is -0.486 e. The molecule has 1 fully saturated rings. The molecule has 0 amide bonds. The molecule has 1 aliphatic rings. The Balaban J connectivity index is 0.00000364. The topological polar surface area (TPSA) is 45.7 Å². The number of para-hydroxylation sites is 1. The maximum Gasteiger partial charge on any atom is 0.391 e. The van der Waals surface area contributed by atoms with Crippen LogP contribution in [0.15, 0.2) is 29.3 Å². The average Bonchev–Trinajstić information content (AvgIpc) is 2.60. The van der Waals surface area contributed by atoms with Crippen molar-refractivity contribution in [3.05, 3.63) is 30.1 Å². The van der Waals surface area contributed by atoms with Gasteiger partial charge in [-0.15, -0.1) is 24.0 Å². The van der Waals surface area contributed by atoms with E-state index in [-0.39, 0.29) is 54.7 Å². The van der Waals surface area contributed by atoms with Crippen LogP contribution in [0.1, 0.15) is 32.6 Å². The van der Waals surface area contributed by atoms with Crippen LogP contribution in [0.25, 0.3) is 0 Å². The van der Waals surface area contributed by atoms with Gasteiger partial charge in [0.15, 0.2) is 17.5 Å². The van der Waals surface area contributed by atoms with Crippen molar-refractivity contribution < 1.29 is 22.3 Å². The van der Waals surface area contributed by atoms with Crippen LogP contribution in [0.2, 0.25) is 0 Å². The Morgan fingerprint density at radius 2 is 1.85 bits per heavy atom. The van der Waals surface area contributed by atoms with E-state index in [0.717, 1.165) is 0 Å². The van der Waals surface area contributed by atoms with Crippen LogP contribution in [0, 0.1) is 11.7 Å². The minimum atomic E-state index is -4.11. The Morgan fingerprint density at radius 3 is 2.41 bits per heavy atom. The van der Waals surface area contributed by atoms with Crippen LogP contribution in [0.5, 0.6) is 5.75 Å². The van der Waals surface area contributed by atoms with Crippen molar-refractivity contribution in [2.24, 2.45) is 10.9 Å². The van der Waals surface area contributed by atoms with E-state index in [2.05, 4.69) is 15.6 Å². The van der Waals surface area contributed by atoms with Crippen molar-refractivity contribution in [1.29, 1.82) is 0 Å². The molecule has 0 aliphatic heterocycles. The van der Waals surface area contributed by atoms with Gasteiger partial charge in [-0.25, -0.2) is 4.39 Å². The predicted molar refractivity (Wildman–Crippen MR) is 108 cm³/mol. The van der Waals surface area contributed by atoms with E-state index in [1.54, 1.807) is 32.2 Å². The normalized spacial score (nSPS) is 21.8. The van der Waals surface area contributed by atoms with Crippen molar-refractivity contribution >= 4 is 29.9 Å². The first-order chi connectivity index (χ1) is 12.3. The Kier molecular flexibility index (Phi) is 9.61. The standard InChI is InChI=1S/C18H25F4N3O.HI/c1-12(26-16-6-4-3-5-15(16)19)11-24-17(23-2)25-14-9-7-13(8-10-14)18(20,21)22;/h3-6,12-14H,7-11H2,1-2H3,(H2,23,24,25);1H. The number of hydrogen-bond acceptors (Lipinski definition) is 2. The fourth-order valence-electron chi connectivity index (χ4n) is 2.99. The molecule has 4 nitrogen and oxygen atoms in total. The van der Waals surface area contributed by atoms with E-state index >= 15 is 0 Å². The van der Waals surface area contributed by atoms with Gasteiger partial charge in [-0.2, -0.15) is 13.2 Å². The second-order valence-corrected chi connectivity index (χ2v) is 6.55. The average molecular weight is 503 g/mol. The molecule has 1 aromatic carbocycles. The highest BCUT2D eigenvalue weighted by atomic mass is 127. The zero-order valence-electron chi connectivity index (χ0n) is 15.4. The molecule has 0 saturated heterocycles. The van der Waals surface area contributed by atoms with Gasteiger partial charge in [0.2, 0.25) is 0 Å². The number of aliphatic imine (C=N–C) groups is 1. The number of ether oxygens (including phenoxy) is 1. The molecule has 0 heterocycles. The molecule has 9 heteroatoms. The third kappa shape index (κ3) is 7.71. The number of rotatable bonds is 5. The number of guanidine groups is 1. The molecule has 2 N–H and O–H groups in total. The lowest BCUT2D eigenvalue weighted by molar-refractivity contribution is -0.182. The summed E-state index contributed by atoms with van der Waals surface area (Å²) in [5, 5.41) is 6.22. The van der Waals surface area contributed by atoms with Crippen molar-refractivity contribution in [1.82, 2.24) is 10.6 Å². The highest BCUT2D eigenvalue weighted by Crippen LogP contribution is 2.37. The van der Waals surface area contributed by atoms with E-state index in [1.165, 1.54) is 6.07 Å². The predicted octanol–water partition coefficient (Wildman–Crippen LogP) is 4.50. The van der Waals surface area contributed by atoms with Crippen LogP contribution in [-0.4, -0.2) is 37.9 Å². The van der Waals surface area contributed by atoms with Gasteiger partial charge < -0.3 is 15.4 Å². The molecule has 27 heavy (non-hydrogen) atoms. The van der Waals surface area contributed by atoms with Gasteiger partial charge in [0.25, 0.3) is 0 Å². The molecule has 1 saturated carbocycles. The molecule has 1 atom stereocenters. The first-order valence-electron chi connectivity index (χ1n) is 8.74. The Labute approximate surface area is 174 Å². The van der Waals surface area contributed by atoms with Gasteiger partial charge in [0.1, 0.15) is 6.10 Å². The van der Waals surface area contributed by atoms with Crippen molar-refractivity contribution in [2.45, 2.75) is 50.9 Å². The maximum atomic E-state index is 13.6. The molecular formula is C18H26F4IN3O. The summed E-state index contributed by atoms with van der Waals surface area (Å²) >= 11 is 0. The van der Waals surface area contributed by atoms with Gasteiger partial charge in [0.05, 0.1) is 12.5 Å². The first-order valence-corrected chi connectivity index (χ1v) is 8.74. The zero-order chi connectivity index (χ0) is 19.2. The molecule has 1 unspecified atom stereocenters. The summed E-state index contributed by atoms with van der Waals surface area (Å²) in [4.78, 5) is 4.09. The largest absolute Gasteiger partial charge is 0.486 e. The molecule has 0 aromatic heterocycles. The molecule has 154 valence electrons. The van der Waals surface area contributed by atoms with Crippen LogP contribution >= 0.6 is 24.0 Å². The fraction of sp³-hybridized carbons (Fsp3) is 0.611. The SMILES string of the molecule is CN=C(NCC(C)Oc1ccccc1F)NC1CCC(C(F)(F)F)CC1.I. The maximum absolute atomic E-state index is 13.6. The molecule has 1 aliphatic carbocycles. The summed E-state index contributed by atoms with van der Waals surface area (Å²) in [6.07, 6.45) is -3.26. The minimum absolute atomic E-state index is 0. The molecule has 2 rings (SSSR count). The van der Waals surface area contributed by atoms with Crippen molar-refractivity contribution in [3.63, 3.8) is 0 Å². The van der Waals surface area contributed by atoms with E-state index in [0.29, 0.717) is 25.3 Å². The number of nitrogens with zero attached hydrogens (tertiary/aromatic N) is 1. The lowest BCUT2D eigenvalue weighted by atomic mass is 9.85. The van der Waals surface area contributed by atoms with Crippen LogP contribution < -0.4 is 15.4 Å². The number of halogens is 5. The Hall–Kier alpha value is -1.26. The van der Waals surface area contributed by atoms with E-state index in [1.807, 2.05) is 0 Å². The summed E-state index contributed by atoms with van der Waals surface area (Å²) in [5.74, 6) is -0.951. The Morgan fingerprint density at radius 1 is 1.22 bits per heavy atom. The number of benzene rings is 1. The third-order valence-electron chi connectivity index (χ3n) is 4.48. The van der Waals surface area contributed by atoms with E-state index < -0.39 is 17.9 Å². The van der Waals surface area contributed by atoms with Crippen LogP contribution in [0.4, 0.5) is 17.6 Å². The van der Waals surface area contributed by atoms with Crippen molar-refractivity contribution in [3.8, 4) is 5.75 Å². The van der Waals surface area contributed by atoms with Crippen LogP contribution in [-0.2, 0) is 0 Å². The quantitative estimate of drug-likeness (QED) is 0.269. The summed E-state index contributed by atoms with van der Waals surface area (Å²) in [6.45, 7) is 2.17. The molecule has 0 bridgehead atoms. The second kappa shape index (κ2) is 10.9. The summed E-state index contributed by atoms with van der Waals surface area (Å²) in [6, 6.07) is 6.12. The monoisotopic (exact) mass is 503 g/mol. The lowest BCUT2D eigenvalue weighted by Crippen LogP contribution is -2.47. The first kappa shape index (κ1) is 23.8. The number of nitrogens with one attached hydrogen (secondary N) is 2. The molecule has 1 aromatic rings. The molecule has 0 radical (unpaired) electrons. The Bertz CT molecular complexity index is 605. The lowest BCUT2D eigenvalue weighted by Gasteiger charge is -2.31. The molecular weight excluding hydrogens is 477 g/mol. The highest BCUT2D eigenvalue weighted by Gasteiger charge is 2.41. The zero-order valence-corrected chi connectivity index (χ0v) is 17.7. The fourth-order valence-corrected chi connectivity index (χ4v) is 2.99. The van der Waals surface area contributed by atoms with Crippen molar-refractivity contribution in [2.75, 3.05) is 13.6 Å². The van der Waals surface area contributed by atoms with Crippen LogP contribution in [0.3, 0.4) is 0 Å². The third-order valence-corrected chi connectivity index (χ3v) is 4.48. The van der Waals surface area contributed by atoms with E-state index in [4.69, 9.17) is 4.74 Å². The van der Waals surface area contributed by atoms with Gasteiger partial charge >= 0.3 is 6.18 Å². The number of hydrogen-bond donors (Lipinski definition) is 2. The van der Waals surface area contributed by atoms with Gasteiger partial charge in [0, 0.05) is 13.1 Å². The molecule has 0 spiro atoms. The highest BCUT2D eigenvalue weighted by molar-refractivity contribution is 14.0. The summed E-state index contributed by atoms with van der Waals surface area (Å²) < 4.78 is 57.3. The smallest absolute Gasteiger partial charge is 0.391 e. The van der Waals surface area contributed by atoms with Gasteiger partial charge in [-0.1, -0.05) is 12.1 Å². The van der Waals surface area contributed by atoms with E-state index in [9.17, 15) is 17.6 Å². The van der Waals surface area contributed by atoms with Gasteiger partial charge in [-0.3, -0.25) is 4.99 Å². The summed E-state index contributed by atoms with van der Waals surface area (Å²) in [7, 11) is 1.60. The van der Waals surface area contributed by atoms with Gasteiger partial charge in [-0.05, 0) is 44.7 Å². The number of alkyl halides is 3.